The molecular weight excluding hydrogens is 371 g/mol. The summed E-state index contributed by atoms with van der Waals surface area (Å²) in [5.41, 5.74) is 1.10. The van der Waals surface area contributed by atoms with Crippen molar-refractivity contribution in [1.82, 2.24) is 24.9 Å². The topological polar surface area (TPSA) is 50.1 Å². The fourth-order valence-electron chi connectivity index (χ4n) is 3.04. The molecule has 0 spiro atoms. The van der Waals surface area contributed by atoms with Crippen LogP contribution in [0.5, 0.6) is 0 Å². The molecule has 0 N–H and O–H groups in total. The molecule has 3 heterocycles. The summed E-state index contributed by atoms with van der Waals surface area (Å²) in [6.07, 6.45) is 3.58. The summed E-state index contributed by atoms with van der Waals surface area (Å²) in [6, 6.07) is 11.5. The molecule has 2 aromatic heterocycles. The maximum Gasteiger partial charge on any atom is 0.175 e. The monoisotopic (exact) mass is 388 g/mol. The lowest BCUT2D eigenvalue weighted by atomic mass is 10.2. The molecule has 8 heteroatoms. The van der Waals surface area contributed by atoms with E-state index in [1.54, 1.807) is 16.9 Å². The quantitative estimate of drug-likeness (QED) is 0.686. The standard InChI is InChI=1S/C18H18Cl2N6/c19-15-3-2-14(16(20)12-15)13-24-8-10-25(11-9-24)17-4-5-18(23-22-17)26-7-1-6-21-26/h1-7,12H,8-11,13H2. The molecule has 0 atom stereocenters. The lowest BCUT2D eigenvalue weighted by molar-refractivity contribution is 0.249. The maximum atomic E-state index is 6.28. The smallest absolute Gasteiger partial charge is 0.175 e. The van der Waals surface area contributed by atoms with Crippen LogP contribution in [0.1, 0.15) is 5.56 Å². The average molecular weight is 389 g/mol. The number of rotatable bonds is 4. The lowest BCUT2D eigenvalue weighted by Gasteiger charge is -2.35. The zero-order valence-corrected chi connectivity index (χ0v) is 15.6. The van der Waals surface area contributed by atoms with Crippen molar-refractivity contribution in [1.29, 1.82) is 0 Å². The number of halogens is 2. The van der Waals surface area contributed by atoms with Gasteiger partial charge in [-0.2, -0.15) is 5.10 Å². The summed E-state index contributed by atoms with van der Waals surface area (Å²) in [5.74, 6) is 1.61. The first-order valence-corrected chi connectivity index (χ1v) is 9.19. The molecule has 1 saturated heterocycles. The van der Waals surface area contributed by atoms with E-state index in [1.165, 1.54) is 0 Å². The molecular formula is C18H18Cl2N6. The summed E-state index contributed by atoms with van der Waals surface area (Å²) in [6.45, 7) is 4.53. The third-order valence-corrected chi connectivity index (χ3v) is 5.07. The zero-order valence-electron chi connectivity index (χ0n) is 14.1. The van der Waals surface area contributed by atoms with Crippen molar-refractivity contribution in [3.63, 3.8) is 0 Å². The summed E-state index contributed by atoms with van der Waals surface area (Å²) in [5, 5.41) is 14.2. The number of hydrogen-bond donors (Lipinski definition) is 0. The van der Waals surface area contributed by atoms with Crippen molar-refractivity contribution in [2.75, 3.05) is 31.1 Å². The number of aromatic nitrogens is 4. The molecule has 1 aromatic carbocycles. The third-order valence-electron chi connectivity index (χ3n) is 4.48. The molecule has 0 saturated carbocycles. The second-order valence-electron chi connectivity index (χ2n) is 6.20. The fourth-order valence-corrected chi connectivity index (χ4v) is 3.51. The average Bonchev–Trinajstić information content (AvgIpc) is 3.20. The lowest BCUT2D eigenvalue weighted by Crippen LogP contribution is -2.46. The first kappa shape index (κ1) is 17.3. The molecule has 134 valence electrons. The van der Waals surface area contributed by atoms with Gasteiger partial charge in [-0.05, 0) is 35.9 Å². The van der Waals surface area contributed by atoms with Gasteiger partial charge in [0.2, 0.25) is 0 Å². The molecule has 6 nitrogen and oxygen atoms in total. The number of nitrogens with zero attached hydrogens (tertiary/aromatic N) is 6. The van der Waals surface area contributed by atoms with E-state index >= 15 is 0 Å². The van der Waals surface area contributed by atoms with Gasteiger partial charge >= 0.3 is 0 Å². The van der Waals surface area contributed by atoms with Crippen LogP contribution in [0, 0.1) is 0 Å². The van der Waals surface area contributed by atoms with E-state index in [1.807, 2.05) is 36.5 Å². The highest BCUT2D eigenvalue weighted by molar-refractivity contribution is 6.35. The van der Waals surface area contributed by atoms with Crippen LogP contribution in [-0.4, -0.2) is 51.1 Å². The summed E-state index contributed by atoms with van der Waals surface area (Å²) in [4.78, 5) is 4.64. The predicted octanol–water partition coefficient (Wildman–Crippen LogP) is 3.29. The predicted molar refractivity (Wildman–Crippen MR) is 103 cm³/mol. The normalized spacial score (nSPS) is 15.4. The van der Waals surface area contributed by atoms with E-state index in [4.69, 9.17) is 23.2 Å². The van der Waals surface area contributed by atoms with Crippen molar-refractivity contribution >= 4 is 29.0 Å². The van der Waals surface area contributed by atoms with E-state index < -0.39 is 0 Å². The third kappa shape index (κ3) is 3.82. The van der Waals surface area contributed by atoms with Crippen molar-refractivity contribution in [3.8, 4) is 5.82 Å². The maximum absolute atomic E-state index is 6.28. The van der Waals surface area contributed by atoms with E-state index in [2.05, 4.69) is 25.1 Å². The second-order valence-corrected chi connectivity index (χ2v) is 7.04. The molecule has 0 radical (unpaired) electrons. The van der Waals surface area contributed by atoms with Crippen LogP contribution in [0.25, 0.3) is 5.82 Å². The molecule has 0 unspecified atom stereocenters. The van der Waals surface area contributed by atoms with Gasteiger partial charge in [-0.25, -0.2) is 4.68 Å². The molecule has 4 rings (SSSR count). The van der Waals surface area contributed by atoms with Gasteiger partial charge in [0.05, 0.1) is 0 Å². The highest BCUT2D eigenvalue weighted by Gasteiger charge is 2.19. The van der Waals surface area contributed by atoms with Crippen LogP contribution < -0.4 is 4.90 Å². The van der Waals surface area contributed by atoms with Crippen LogP contribution >= 0.6 is 23.2 Å². The Hall–Kier alpha value is -2.15. The first-order chi connectivity index (χ1) is 12.7. The van der Waals surface area contributed by atoms with Crippen LogP contribution in [0.15, 0.2) is 48.8 Å². The minimum atomic E-state index is 0.667. The summed E-state index contributed by atoms with van der Waals surface area (Å²) < 4.78 is 1.70. The Balaban J connectivity index is 1.36. The fraction of sp³-hybridized carbons (Fsp3) is 0.278. The Morgan fingerprint density at radius 2 is 1.69 bits per heavy atom. The summed E-state index contributed by atoms with van der Waals surface area (Å²) in [7, 11) is 0. The summed E-state index contributed by atoms with van der Waals surface area (Å²) >= 11 is 12.3. The number of piperazine rings is 1. The minimum Gasteiger partial charge on any atom is -0.353 e. The van der Waals surface area contributed by atoms with Gasteiger partial charge in [-0.3, -0.25) is 4.90 Å². The van der Waals surface area contributed by atoms with Crippen LogP contribution in [0.4, 0.5) is 5.82 Å². The minimum absolute atomic E-state index is 0.667. The van der Waals surface area contributed by atoms with Gasteiger partial charge in [0.1, 0.15) is 0 Å². The van der Waals surface area contributed by atoms with Gasteiger partial charge in [0.15, 0.2) is 11.6 Å². The molecule has 0 amide bonds. The number of hydrogen-bond acceptors (Lipinski definition) is 5. The molecule has 1 aliphatic rings. The highest BCUT2D eigenvalue weighted by Crippen LogP contribution is 2.23. The Labute approximate surface area is 162 Å². The molecule has 26 heavy (non-hydrogen) atoms. The van der Waals surface area contributed by atoms with Gasteiger partial charge in [-0.15, -0.1) is 10.2 Å². The van der Waals surface area contributed by atoms with Crippen LogP contribution in [0.2, 0.25) is 10.0 Å². The van der Waals surface area contributed by atoms with Gasteiger partial charge in [0.25, 0.3) is 0 Å². The molecule has 1 aliphatic heterocycles. The van der Waals surface area contributed by atoms with Gasteiger partial charge in [-0.1, -0.05) is 29.3 Å². The van der Waals surface area contributed by atoms with Crippen LogP contribution in [-0.2, 0) is 6.54 Å². The van der Waals surface area contributed by atoms with E-state index in [0.717, 1.165) is 54.9 Å². The van der Waals surface area contributed by atoms with Crippen molar-refractivity contribution in [2.45, 2.75) is 6.54 Å². The highest BCUT2D eigenvalue weighted by atomic mass is 35.5. The zero-order chi connectivity index (χ0) is 17.9. The first-order valence-electron chi connectivity index (χ1n) is 8.44. The molecule has 0 aliphatic carbocycles. The van der Waals surface area contributed by atoms with E-state index in [0.29, 0.717) is 5.02 Å². The largest absolute Gasteiger partial charge is 0.353 e. The molecule has 3 aromatic rings. The Morgan fingerprint density at radius 1 is 0.923 bits per heavy atom. The van der Waals surface area contributed by atoms with Crippen molar-refractivity contribution in [2.24, 2.45) is 0 Å². The molecule has 0 bridgehead atoms. The Bertz CT molecular complexity index is 858. The van der Waals surface area contributed by atoms with Gasteiger partial charge in [0, 0.05) is 55.2 Å². The Kier molecular flexibility index (Phi) is 5.06. The Morgan fingerprint density at radius 3 is 2.35 bits per heavy atom. The van der Waals surface area contributed by atoms with Gasteiger partial charge < -0.3 is 4.90 Å². The van der Waals surface area contributed by atoms with E-state index in [9.17, 15) is 0 Å². The number of benzene rings is 1. The SMILES string of the molecule is Clc1ccc(CN2CCN(c3ccc(-n4cccn4)nn3)CC2)c(Cl)c1. The molecule has 1 fully saturated rings. The van der Waals surface area contributed by atoms with Crippen LogP contribution in [0.3, 0.4) is 0 Å². The van der Waals surface area contributed by atoms with Crippen molar-refractivity contribution in [3.05, 3.63) is 64.4 Å². The second kappa shape index (κ2) is 7.61. The van der Waals surface area contributed by atoms with Crippen molar-refractivity contribution < 1.29 is 0 Å². The van der Waals surface area contributed by atoms with E-state index in [-0.39, 0.29) is 0 Å². The number of anilines is 1.